The highest BCUT2D eigenvalue weighted by Gasteiger charge is 2.53. The molecule has 2 aliphatic carbocycles. The first-order chi connectivity index (χ1) is 25.2. The molecule has 1 heterocycles. The molecule has 6 aromatic carbocycles. The monoisotopic (exact) mass is 655 g/mol. The van der Waals surface area contributed by atoms with Gasteiger partial charge in [0.1, 0.15) is 6.17 Å². The van der Waals surface area contributed by atoms with E-state index < -0.39 is 5.41 Å². The minimum absolute atomic E-state index is 0.107. The highest BCUT2D eigenvalue weighted by molar-refractivity contribution is 6.02. The summed E-state index contributed by atoms with van der Waals surface area (Å²) in [4.78, 5) is 5.32. The minimum Gasteiger partial charge on any atom is -0.285 e. The SMILES string of the molecule is N#Cc1ccc2c(c1)C(c1ccccc1)(c1ccccc1)C1C=C(c3cccc(C4=NC(c5ccccc5)NC(c5ccccc5)C4)c3)C=CC21. The summed E-state index contributed by atoms with van der Waals surface area (Å²) in [6, 6.07) is 60.8. The Labute approximate surface area is 300 Å². The van der Waals surface area contributed by atoms with E-state index in [1.807, 2.05) is 6.07 Å². The molecule has 0 bridgehead atoms. The third kappa shape index (κ3) is 5.37. The van der Waals surface area contributed by atoms with Crippen LogP contribution in [0.4, 0.5) is 0 Å². The summed E-state index contributed by atoms with van der Waals surface area (Å²) in [5, 5.41) is 13.9. The lowest BCUT2D eigenvalue weighted by atomic mass is 9.62. The maximum Gasteiger partial charge on any atom is 0.126 e. The standard InChI is InChI=1S/C48H37N3/c49-32-33-24-26-41-42-27-25-37(30-44(42)48(43(41)28-33,39-20-9-3-10-21-39)40-22-11-4-12-23-40)36-18-13-19-38(29-36)46-31-45(34-14-5-1-6-15-34)50-47(51-46)35-16-7-2-8-17-35/h1-30,42,44-45,47,50H,31H2. The van der Waals surface area contributed by atoms with Gasteiger partial charge < -0.3 is 0 Å². The number of nitriles is 1. The van der Waals surface area contributed by atoms with Crippen LogP contribution in [0.2, 0.25) is 0 Å². The largest absolute Gasteiger partial charge is 0.285 e. The number of hydrogen-bond acceptors (Lipinski definition) is 3. The molecule has 3 nitrogen and oxygen atoms in total. The van der Waals surface area contributed by atoms with Gasteiger partial charge in [-0.3, -0.25) is 10.3 Å². The van der Waals surface area contributed by atoms with Crippen molar-refractivity contribution in [3.05, 3.63) is 232 Å². The van der Waals surface area contributed by atoms with Crippen LogP contribution >= 0.6 is 0 Å². The summed E-state index contributed by atoms with van der Waals surface area (Å²) in [6.45, 7) is 0. The summed E-state index contributed by atoms with van der Waals surface area (Å²) in [6.07, 6.45) is 7.87. The Morgan fingerprint density at radius 1 is 0.647 bits per heavy atom. The molecule has 4 unspecified atom stereocenters. The van der Waals surface area contributed by atoms with Crippen LogP contribution in [-0.2, 0) is 5.41 Å². The fourth-order valence-electron chi connectivity index (χ4n) is 8.73. The van der Waals surface area contributed by atoms with Crippen LogP contribution in [-0.4, -0.2) is 5.71 Å². The average Bonchev–Trinajstić information content (AvgIpc) is 3.51. The van der Waals surface area contributed by atoms with E-state index in [1.165, 1.54) is 39.0 Å². The molecule has 0 saturated heterocycles. The number of allylic oxidation sites excluding steroid dienone is 4. The molecule has 0 saturated carbocycles. The smallest absolute Gasteiger partial charge is 0.126 e. The molecule has 3 heteroatoms. The molecule has 1 N–H and O–H groups in total. The van der Waals surface area contributed by atoms with Crippen molar-refractivity contribution in [1.29, 1.82) is 5.26 Å². The second-order valence-electron chi connectivity index (χ2n) is 13.8. The highest BCUT2D eigenvalue weighted by atomic mass is 15.1. The van der Waals surface area contributed by atoms with E-state index in [2.05, 4.69) is 187 Å². The van der Waals surface area contributed by atoms with E-state index in [0.29, 0.717) is 5.56 Å². The minimum atomic E-state index is -0.464. The Bertz CT molecular complexity index is 2290. The maximum atomic E-state index is 10.0. The quantitative estimate of drug-likeness (QED) is 0.194. The summed E-state index contributed by atoms with van der Waals surface area (Å²) < 4.78 is 0. The molecule has 4 atom stereocenters. The van der Waals surface area contributed by atoms with E-state index in [-0.39, 0.29) is 24.0 Å². The van der Waals surface area contributed by atoms with Gasteiger partial charge in [-0.25, -0.2) is 0 Å². The molecular formula is C48H37N3. The Morgan fingerprint density at radius 3 is 1.94 bits per heavy atom. The van der Waals surface area contributed by atoms with Gasteiger partial charge in [-0.2, -0.15) is 5.26 Å². The summed E-state index contributed by atoms with van der Waals surface area (Å²) >= 11 is 0. The third-order valence-corrected chi connectivity index (χ3v) is 11.0. The van der Waals surface area contributed by atoms with Crippen molar-refractivity contribution in [3.63, 3.8) is 0 Å². The van der Waals surface area contributed by atoms with Crippen LogP contribution in [0, 0.1) is 17.2 Å². The van der Waals surface area contributed by atoms with Crippen molar-refractivity contribution < 1.29 is 0 Å². The zero-order chi connectivity index (χ0) is 34.2. The van der Waals surface area contributed by atoms with Crippen LogP contribution in [0.3, 0.4) is 0 Å². The number of nitrogens with zero attached hydrogens (tertiary/aromatic N) is 2. The van der Waals surface area contributed by atoms with E-state index in [9.17, 15) is 5.26 Å². The van der Waals surface area contributed by atoms with Gasteiger partial charge in [0.05, 0.1) is 17.0 Å². The van der Waals surface area contributed by atoms with Crippen molar-refractivity contribution >= 4 is 11.3 Å². The second kappa shape index (κ2) is 13.0. The van der Waals surface area contributed by atoms with Crippen LogP contribution in [0.15, 0.2) is 187 Å². The average molecular weight is 656 g/mol. The molecular weight excluding hydrogens is 619 g/mol. The Morgan fingerprint density at radius 2 is 1.27 bits per heavy atom. The zero-order valence-electron chi connectivity index (χ0n) is 28.2. The lowest BCUT2D eigenvalue weighted by Gasteiger charge is -2.39. The second-order valence-corrected chi connectivity index (χ2v) is 13.8. The first kappa shape index (κ1) is 30.9. The predicted octanol–water partition coefficient (Wildman–Crippen LogP) is 10.5. The molecule has 3 aliphatic rings. The number of hydrogen-bond donors (Lipinski definition) is 1. The van der Waals surface area contributed by atoms with Crippen LogP contribution in [0.1, 0.15) is 74.6 Å². The number of benzene rings is 6. The van der Waals surface area contributed by atoms with Crippen LogP contribution < -0.4 is 5.32 Å². The third-order valence-electron chi connectivity index (χ3n) is 11.0. The molecule has 6 aromatic rings. The number of rotatable bonds is 6. The molecule has 9 rings (SSSR count). The molecule has 244 valence electrons. The van der Waals surface area contributed by atoms with Crippen molar-refractivity contribution in [1.82, 2.24) is 5.32 Å². The van der Waals surface area contributed by atoms with E-state index in [1.54, 1.807) is 0 Å². The van der Waals surface area contributed by atoms with Crippen LogP contribution in [0.25, 0.3) is 5.57 Å². The number of nitrogens with one attached hydrogen (secondary N) is 1. The molecule has 0 radical (unpaired) electrons. The zero-order valence-corrected chi connectivity index (χ0v) is 28.2. The van der Waals surface area contributed by atoms with Gasteiger partial charge >= 0.3 is 0 Å². The highest BCUT2D eigenvalue weighted by Crippen LogP contribution is 2.60. The molecule has 1 aliphatic heterocycles. The summed E-state index contributed by atoms with van der Waals surface area (Å²) in [7, 11) is 0. The van der Waals surface area contributed by atoms with E-state index >= 15 is 0 Å². The summed E-state index contributed by atoms with van der Waals surface area (Å²) in [5.74, 6) is 0.281. The van der Waals surface area contributed by atoms with Gasteiger partial charge in [-0.05, 0) is 68.3 Å². The Balaban J connectivity index is 1.16. The first-order valence-corrected chi connectivity index (χ1v) is 17.8. The fraction of sp³-hybridized carbons (Fsp3) is 0.125. The van der Waals surface area contributed by atoms with Gasteiger partial charge in [0, 0.05) is 30.0 Å². The van der Waals surface area contributed by atoms with Gasteiger partial charge in [-0.15, -0.1) is 0 Å². The molecule has 0 fully saturated rings. The molecule has 0 spiro atoms. The maximum absolute atomic E-state index is 10.0. The first-order valence-electron chi connectivity index (χ1n) is 17.8. The van der Waals surface area contributed by atoms with Crippen molar-refractivity contribution in [2.75, 3.05) is 0 Å². The molecule has 0 aromatic heterocycles. The number of fused-ring (bicyclic) bond motifs is 3. The van der Waals surface area contributed by atoms with E-state index in [0.717, 1.165) is 23.3 Å². The van der Waals surface area contributed by atoms with Crippen LogP contribution in [0.5, 0.6) is 0 Å². The fourth-order valence-corrected chi connectivity index (χ4v) is 8.73. The Hall–Kier alpha value is -6.08. The van der Waals surface area contributed by atoms with Crippen molar-refractivity contribution in [3.8, 4) is 6.07 Å². The Kier molecular flexibility index (Phi) is 7.88. The summed E-state index contributed by atoms with van der Waals surface area (Å²) in [5.41, 5.74) is 12.3. The van der Waals surface area contributed by atoms with Crippen molar-refractivity contribution in [2.45, 2.75) is 30.0 Å². The topological polar surface area (TPSA) is 48.2 Å². The lowest BCUT2D eigenvalue weighted by Crippen LogP contribution is -2.35. The van der Waals surface area contributed by atoms with Gasteiger partial charge in [0.25, 0.3) is 0 Å². The predicted molar refractivity (Wildman–Crippen MR) is 206 cm³/mol. The van der Waals surface area contributed by atoms with Gasteiger partial charge in [0.2, 0.25) is 0 Å². The van der Waals surface area contributed by atoms with E-state index in [4.69, 9.17) is 4.99 Å². The van der Waals surface area contributed by atoms with Gasteiger partial charge in [0.15, 0.2) is 0 Å². The van der Waals surface area contributed by atoms with Gasteiger partial charge in [-0.1, -0.05) is 164 Å². The lowest BCUT2D eigenvalue weighted by molar-refractivity contribution is 0.442. The normalized spacial score (nSPS) is 21.5. The molecule has 0 amide bonds. The number of aliphatic imine (C=N–C) groups is 1. The molecule has 51 heavy (non-hydrogen) atoms. The van der Waals surface area contributed by atoms with Crippen molar-refractivity contribution in [2.24, 2.45) is 10.9 Å².